The van der Waals surface area contributed by atoms with Crippen LogP contribution in [-0.2, 0) is 0 Å². The van der Waals surface area contributed by atoms with Crippen LogP contribution in [0.2, 0.25) is 0 Å². The number of anilines is 2. The molecule has 0 aliphatic carbocycles. The van der Waals surface area contributed by atoms with E-state index in [2.05, 4.69) is 20.8 Å². The van der Waals surface area contributed by atoms with Gasteiger partial charge in [-0.3, -0.25) is 14.6 Å². The Balaban J connectivity index is 1.35. The van der Waals surface area contributed by atoms with Gasteiger partial charge in [0, 0.05) is 39.5 Å². The highest BCUT2D eigenvalue weighted by Crippen LogP contribution is 2.23. The predicted molar refractivity (Wildman–Crippen MR) is 123 cm³/mol. The maximum absolute atomic E-state index is 12.8. The zero-order valence-electron chi connectivity index (χ0n) is 17.1. The minimum atomic E-state index is -0.286. The third-order valence-electron chi connectivity index (χ3n) is 5.23. The van der Waals surface area contributed by atoms with Gasteiger partial charge in [-0.2, -0.15) is 0 Å². The molecule has 0 atom stereocenters. The second-order valence-corrected chi connectivity index (χ2v) is 7.43. The average molecular weight is 422 g/mol. The van der Waals surface area contributed by atoms with Gasteiger partial charge in [-0.15, -0.1) is 0 Å². The smallest absolute Gasteiger partial charge is 0.255 e. The van der Waals surface area contributed by atoms with E-state index in [4.69, 9.17) is 4.52 Å². The summed E-state index contributed by atoms with van der Waals surface area (Å²) in [7, 11) is 0. The number of aryl methyl sites for hydroxylation is 1. The molecule has 0 fully saturated rings. The van der Waals surface area contributed by atoms with Crippen molar-refractivity contribution in [3.8, 4) is 0 Å². The summed E-state index contributed by atoms with van der Waals surface area (Å²) in [4.78, 5) is 29.8. The summed E-state index contributed by atoms with van der Waals surface area (Å²) in [6, 6.07) is 19.6. The van der Waals surface area contributed by atoms with Crippen LogP contribution in [0.3, 0.4) is 0 Å². The lowest BCUT2D eigenvalue weighted by molar-refractivity contribution is 0.101. The number of amides is 2. The second kappa shape index (κ2) is 7.96. The monoisotopic (exact) mass is 422 g/mol. The zero-order chi connectivity index (χ0) is 22.1. The van der Waals surface area contributed by atoms with Crippen molar-refractivity contribution in [1.82, 2.24) is 10.1 Å². The van der Waals surface area contributed by atoms with Crippen molar-refractivity contribution in [2.75, 3.05) is 10.6 Å². The maximum Gasteiger partial charge on any atom is 0.255 e. The predicted octanol–water partition coefficient (Wildman–Crippen LogP) is 5.19. The first-order valence-corrected chi connectivity index (χ1v) is 9.99. The molecule has 5 aromatic rings. The molecule has 0 unspecified atom stereocenters. The summed E-state index contributed by atoms with van der Waals surface area (Å²) >= 11 is 0. The summed E-state index contributed by atoms with van der Waals surface area (Å²) in [5.74, 6) is -0.524. The van der Waals surface area contributed by atoms with E-state index in [9.17, 15) is 9.59 Å². The molecule has 3 aromatic carbocycles. The molecule has 156 valence electrons. The van der Waals surface area contributed by atoms with Crippen LogP contribution < -0.4 is 10.6 Å². The number of pyridine rings is 1. The molecule has 0 radical (unpaired) electrons. The summed E-state index contributed by atoms with van der Waals surface area (Å²) in [6.07, 6.45) is 3.31. The number of benzene rings is 3. The average Bonchev–Trinajstić information content (AvgIpc) is 3.29. The van der Waals surface area contributed by atoms with Crippen LogP contribution in [0.15, 0.2) is 83.6 Å². The Bertz CT molecular complexity index is 1490. The van der Waals surface area contributed by atoms with E-state index in [-0.39, 0.29) is 11.8 Å². The molecule has 2 aromatic heterocycles. The SMILES string of the molecule is Cc1ccc(NC(=O)c2ccc3cnoc3c2)cc1NC(=O)c1ccc2ncccc2c1. The number of hydrogen-bond acceptors (Lipinski definition) is 5. The van der Waals surface area contributed by atoms with Crippen LogP contribution in [0.5, 0.6) is 0 Å². The number of carbonyl (C=O) groups excluding carboxylic acids is 2. The normalized spacial score (nSPS) is 10.9. The molecular weight excluding hydrogens is 404 g/mol. The van der Waals surface area contributed by atoms with Gasteiger partial charge in [-0.1, -0.05) is 17.3 Å². The van der Waals surface area contributed by atoms with E-state index >= 15 is 0 Å². The van der Waals surface area contributed by atoms with Crippen molar-refractivity contribution >= 4 is 45.1 Å². The van der Waals surface area contributed by atoms with Gasteiger partial charge in [0.25, 0.3) is 11.8 Å². The summed E-state index contributed by atoms with van der Waals surface area (Å²) in [6.45, 7) is 1.89. The van der Waals surface area contributed by atoms with Crippen molar-refractivity contribution < 1.29 is 14.1 Å². The van der Waals surface area contributed by atoms with E-state index in [0.717, 1.165) is 21.9 Å². The van der Waals surface area contributed by atoms with Crippen LogP contribution in [0.1, 0.15) is 26.3 Å². The van der Waals surface area contributed by atoms with Crippen molar-refractivity contribution in [3.63, 3.8) is 0 Å². The minimum absolute atomic E-state index is 0.238. The molecule has 32 heavy (non-hydrogen) atoms. The Morgan fingerprint density at radius 1 is 0.844 bits per heavy atom. The van der Waals surface area contributed by atoms with Gasteiger partial charge in [0.05, 0.1) is 11.7 Å². The zero-order valence-corrected chi connectivity index (χ0v) is 17.1. The number of aromatic nitrogens is 2. The molecule has 0 aliphatic heterocycles. The first-order valence-electron chi connectivity index (χ1n) is 9.99. The van der Waals surface area contributed by atoms with E-state index in [1.54, 1.807) is 54.9 Å². The van der Waals surface area contributed by atoms with Crippen molar-refractivity contribution in [2.24, 2.45) is 0 Å². The van der Waals surface area contributed by atoms with Gasteiger partial charge in [-0.25, -0.2) is 0 Å². The number of nitrogens with zero attached hydrogens (tertiary/aromatic N) is 2. The Hall–Kier alpha value is -4.52. The molecule has 0 aliphatic rings. The van der Waals surface area contributed by atoms with E-state index in [1.165, 1.54) is 0 Å². The van der Waals surface area contributed by atoms with Crippen molar-refractivity contribution in [1.29, 1.82) is 0 Å². The summed E-state index contributed by atoms with van der Waals surface area (Å²) in [5, 5.41) is 11.2. The van der Waals surface area contributed by atoms with Crippen molar-refractivity contribution in [3.05, 3.63) is 95.8 Å². The number of hydrogen-bond donors (Lipinski definition) is 2. The number of nitrogens with one attached hydrogen (secondary N) is 2. The largest absolute Gasteiger partial charge is 0.356 e. The van der Waals surface area contributed by atoms with Gasteiger partial charge >= 0.3 is 0 Å². The fraction of sp³-hybridized carbons (Fsp3) is 0.0400. The molecule has 5 rings (SSSR count). The lowest BCUT2D eigenvalue weighted by Crippen LogP contribution is -2.14. The van der Waals surface area contributed by atoms with Gasteiger partial charge in [0.15, 0.2) is 5.58 Å². The van der Waals surface area contributed by atoms with E-state index < -0.39 is 0 Å². The summed E-state index contributed by atoms with van der Waals surface area (Å²) in [5.41, 5.74) is 4.40. The quantitative estimate of drug-likeness (QED) is 0.415. The topological polar surface area (TPSA) is 97.1 Å². The van der Waals surface area contributed by atoms with E-state index in [1.807, 2.05) is 31.2 Å². The summed E-state index contributed by atoms with van der Waals surface area (Å²) < 4.78 is 5.12. The Morgan fingerprint density at radius 2 is 1.66 bits per heavy atom. The molecule has 2 amide bonds. The van der Waals surface area contributed by atoms with Gasteiger partial charge < -0.3 is 15.2 Å². The van der Waals surface area contributed by atoms with Crippen LogP contribution in [-0.4, -0.2) is 22.0 Å². The molecule has 0 bridgehead atoms. The third kappa shape index (κ3) is 3.79. The van der Waals surface area contributed by atoms with E-state index in [0.29, 0.717) is 28.1 Å². The Morgan fingerprint density at radius 3 is 2.56 bits per heavy atom. The fourth-order valence-corrected chi connectivity index (χ4v) is 3.45. The highest BCUT2D eigenvalue weighted by molar-refractivity contribution is 6.08. The molecule has 0 saturated carbocycles. The van der Waals surface area contributed by atoms with Gasteiger partial charge in [0.2, 0.25) is 0 Å². The molecule has 2 N–H and O–H groups in total. The highest BCUT2D eigenvalue weighted by Gasteiger charge is 2.12. The van der Waals surface area contributed by atoms with Gasteiger partial charge in [0.1, 0.15) is 0 Å². The lowest BCUT2D eigenvalue weighted by atomic mass is 10.1. The van der Waals surface area contributed by atoms with Crippen LogP contribution >= 0.6 is 0 Å². The molecular formula is C25H18N4O3. The fourth-order valence-electron chi connectivity index (χ4n) is 3.45. The minimum Gasteiger partial charge on any atom is -0.356 e. The van der Waals surface area contributed by atoms with Gasteiger partial charge in [-0.05, 0) is 67.1 Å². The number of rotatable bonds is 4. The van der Waals surface area contributed by atoms with Crippen LogP contribution in [0, 0.1) is 6.92 Å². The number of fused-ring (bicyclic) bond motifs is 2. The third-order valence-corrected chi connectivity index (χ3v) is 5.23. The molecule has 0 saturated heterocycles. The first kappa shape index (κ1) is 19.4. The molecule has 7 heteroatoms. The molecule has 0 spiro atoms. The molecule has 2 heterocycles. The first-order chi connectivity index (χ1) is 15.6. The molecule has 7 nitrogen and oxygen atoms in total. The van der Waals surface area contributed by atoms with Crippen LogP contribution in [0.25, 0.3) is 21.9 Å². The Kier molecular flexibility index (Phi) is 4.84. The highest BCUT2D eigenvalue weighted by atomic mass is 16.5. The lowest BCUT2D eigenvalue weighted by Gasteiger charge is -2.12. The van der Waals surface area contributed by atoms with Crippen molar-refractivity contribution in [2.45, 2.75) is 6.92 Å². The standard InChI is InChI=1S/C25H18N4O3/c1-15-4-8-20(28-24(30)18-5-6-19-14-27-32-23(19)12-18)13-22(15)29-25(31)17-7-9-21-16(11-17)3-2-10-26-21/h2-14H,1H3,(H,28,30)(H,29,31). The number of carbonyl (C=O) groups is 2. The Labute approximate surface area is 183 Å². The second-order valence-electron chi connectivity index (χ2n) is 7.43. The van der Waals surface area contributed by atoms with Crippen LogP contribution in [0.4, 0.5) is 11.4 Å². The maximum atomic E-state index is 12.8.